The van der Waals surface area contributed by atoms with E-state index < -0.39 is 0 Å². The fourth-order valence-corrected chi connectivity index (χ4v) is 2.34. The van der Waals surface area contributed by atoms with Gasteiger partial charge in [-0.25, -0.2) is 9.37 Å². The van der Waals surface area contributed by atoms with Gasteiger partial charge in [0, 0.05) is 11.5 Å². The smallest absolute Gasteiger partial charge is 0.241 e. The molecule has 0 amide bonds. The van der Waals surface area contributed by atoms with E-state index in [9.17, 15) is 9.50 Å². The molecule has 0 atom stereocenters. The second-order valence-corrected chi connectivity index (χ2v) is 5.13. The Morgan fingerprint density at radius 1 is 1.15 bits per heavy atom. The van der Waals surface area contributed by atoms with Crippen molar-refractivity contribution in [1.29, 1.82) is 0 Å². The molecule has 0 radical (unpaired) electrons. The normalized spacial score (nSPS) is 14.8. The number of nitrogens with zero attached hydrogens (tertiary/aromatic N) is 2. The fraction of sp³-hybridized carbons (Fsp3) is 0.200. The molecule has 4 rings (SSSR count). The molecule has 100 valence electrons. The number of benzene rings is 1. The van der Waals surface area contributed by atoms with Crippen LogP contribution in [0.3, 0.4) is 0 Å². The number of halogens is 1. The Balaban J connectivity index is 1.84. The van der Waals surface area contributed by atoms with Crippen LogP contribution in [0.15, 0.2) is 30.3 Å². The molecule has 1 fully saturated rings. The van der Waals surface area contributed by atoms with Gasteiger partial charge in [0.1, 0.15) is 17.3 Å². The van der Waals surface area contributed by atoms with E-state index in [1.165, 1.54) is 12.1 Å². The van der Waals surface area contributed by atoms with Gasteiger partial charge in [0.15, 0.2) is 0 Å². The molecule has 0 aromatic heterocycles. The summed E-state index contributed by atoms with van der Waals surface area (Å²) in [5.74, 6) is 0.911. The van der Waals surface area contributed by atoms with Crippen LogP contribution in [0.5, 0.6) is 5.88 Å². The first-order valence-corrected chi connectivity index (χ1v) is 6.56. The Morgan fingerprint density at radius 2 is 1.90 bits per heavy atom. The van der Waals surface area contributed by atoms with Crippen molar-refractivity contribution in [3.8, 4) is 28.5 Å². The average molecular weight is 269 g/mol. The lowest BCUT2D eigenvalue weighted by molar-refractivity contribution is 0.449. The zero-order valence-corrected chi connectivity index (χ0v) is 10.6. The third kappa shape index (κ3) is 1.82. The summed E-state index contributed by atoms with van der Waals surface area (Å²) in [5.41, 5.74) is 2.72. The maximum absolute atomic E-state index is 12.9. The van der Waals surface area contributed by atoms with Crippen molar-refractivity contribution in [2.75, 3.05) is 0 Å². The zero-order chi connectivity index (χ0) is 13.7. The summed E-state index contributed by atoms with van der Waals surface area (Å²) in [6, 6.07) is 7.99. The Kier molecular flexibility index (Phi) is 2.30. The minimum absolute atomic E-state index is 0.0472. The number of aromatic nitrogens is 3. The number of fused-ring (bicyclic) bond motifs is 1. The SMILES string of the molecule is Oc1nc(C2CC2)[nH]c2cc(-c3ccc(F)cc3)nc1-2. The molecule has 1 saturated carbocycles. The summed E-state index contributed by atoms with van der Waals surface area (Å²) in [7, 11) is 0. The van der Waals surface area contributed by atoms with E-state index >= 15 is 0 Å². The van der Waals surface area contributed by atoms with Crippen molar-refractivity contribution in [3.05, 3.63) is 42.0 Å². The lowest BCUT2D eigenvalue weighted by Gasteiger charge is -2.04. The van der Waals surface area contributed by atoms with Gasteiger partial charge in [0.25, 0.3) is 0 Å². The highest BCUT2D eigenvalue weighted by atomic mass is 19.1. The van der Waals surface area contributed by atoms with Crippen molar-refractivity contribution in [3.63, 3.8) is 0 Å². The van der Waals surface area contributed by atoms with Crippen molar-refractivity contribution in [2.45, 2.75) is 18.8 Å². The van der Waals surface area contributed by atoms with Crippen LogP contribution < -0.4 is 0 Å². The van der Waals surface area contributed by atoms with Gasteiger partial charge in [-0.15, -0.1) is 0 Å². The first kappa shape index (κ1) is 11.4. The summed E-state index contributed by atoms with van der Waals surface area (Å²) in [6.07, 6.45) is 2.21. The molecule has 1 aromatic carbocycles. The van der Waals surface area contributed by atoms with Crippen LogP contribution in [0.1, 0.15) is 24.6 Å². The summed E-state index contributed by atoms with van der Waals surface area (Å²) in [4.78, 5) is 11.8. The third-order valence-corrected chi connectivity index (χ3v) is 3.57. The van der Waals surface area contributed by atoms with E-state index in [0.29, 0.717) is 17.3 Å². The van der Waals surface area contributed by atoms with Crippen LogP contribution in [0, 0.1) is 5.82 Å². The van der Waals surface area contributed by atoms with Gasteiger partial charge in [0.2, 0.25) is 5.88 Å². The highest BCUT2D eigenvalue weighted by Crippen LogP contribution is 2.41. The second kappa shape index (κ2) is 4.03. The van der Waals surface area contributed by atoms with E-state index in [1.54, 1.807) is 12.1 Å². The maximum Gasteiger partial charge on any atom is 0.241 e. The van der Waals surface area contributed by atoms with Crippen LogP contribution >= 0.6 is 0 Å². The Labute approximate surface area is 114 Å². The molecule has 20 heavy (non-hydrogen) atoms. The number of rotatable bonds is 2. The molecule has 2 heterocycles. The summed E-state index contributed by atoms with van der Waals surface area (Å²) < 4.78 is 12.9. The highest BCUT2D eigenvalue weighted by Gasteiger charge is 2.28. The monoisotopic (exact) mass is 269 g/mol. The standard InChI is InChI=1S/C15H12FN3O/c16-10-5-3-8(4-6-10)11-7-12-13(17-11)15(20)19-14(18-12)9-1-2-9/h3-7,9,20H,1-2H2,(H,18,19). The number of H-pyrrole nitrogens is 1. The molecule has 0 saturated heterocycles. The summed E-state index contributed by atoms with van der Waals surface area (Å²) in [5, 5.41) is 9.98. The van der Waals surface area contributed by atoms with Gasteiger partial charge in [-0.3, -0.25) is 0 Å². The lowest BCUT2D eigenvalue weighted by atomic mass is 10.1. The van der Waals surface area contributed by atoms with E-state index in [1.807, 2.05) is 6.07 Å². The van der Waals surface area contributed by atoms with E-state index in [0.717, 1.165) is 29.9 Å². The first-order chi connectivity index (χ1) is 9.70. The molecule has 2 N–H and O–H groups in total. The number of hydrogen-bond acceptors (Lipinski definition) is 3. The molecule has 1 aliphatic carbocycles. The number of aromatic hydroxyl groups is 1. The Morgan fingerprint density at radius 3 is 2.60 bits per heavy atom. The minimum atomic E-state index is -0.281. The van der Waals surface area contributed by atoms with Crippen LogP contribution in [-0.2, 0) is 0 Å². The van der Waals surface area contributed by atoms with Crippen LogP contribution in [0.25, 0.3) is 22.6 Å². The molecule has 3 aliphatic rings. The van der Waals surface area contributed by atoms with Crippen molar-refractivity contribution in [2.24, 2.45) is 0 Å². The van der Waals surface area contributed by atoms with Gasteiger partial charge in [-0.1, -0.05) is 0 Å². The molecule has 1 aromatic rings. The predicted octanol–water partition coefficient (Wildman–Crippen LogP) is 3.30. The van der Waals surface area contributed by atoms with E-state index in [2.05, 4.69) is 15.0 Å². The molecule has 0 spiro atoms. The van der Waals surface area contributed by atoms with Crippen molar-refractivity contribution in [1.82, 2.24) is 15.0 Å². The third-order valence-electron chi connectivity index (χ3n) is 3.57. The largest absolute Gasteiger partial charge is 0.492 e. The number of nitrogens with one attached hydrogen (secondary N) is 1. The van der Waals surface area contributed by atoms with Crippen LogP contribution in [0.2, 0.25) is 0 Å². The minimum Gasteiger partial charge on any atom is -0.492 e. The molecule has 2 aliphatic heterocycles. The summed E-state index contributed by atoms with van der Waals surface area (Å²) in [6.45, 7) is 0. The van der Waals surface area contributed by atoms with Gasteiger partial charge < -0.3 is 10.1 Å². The quantitative estimate of drug-likeness (QED) is 0.750. The molecule has 4 nitrogen and oxygen atoms in total. The zero-order valence-electron chi connectivity index (χ0n) is 10.6. The molecule has 0 bridgehead atoms. The topological polar surface area (TPSA) is 61.8 Å². The van der Waals surface area contributed by atoms with Crippen molar-refractivity contribution < 1.29 is 9.50 Å². The molecule has 0 unspecified atom stereocenters. The van der Waals surface area contributed by atoms with Crippen LogP contribution in [0.4, 0.5) is 4.39 Å². The number of hydrogen-bond donors (Lipinski definition) is 2. The Hall–Kier alpha value is -2.43. The fourth-order valence-electron chi connectivity index (χ4n) is 2.34. The van der Waals surface area contributed by atoms with E-state index in [-0.39, 0.29) is 11.7 Å². The van der Waals surface area contributed by atoms with Gasteiger partial charge >= 0.3 is 0 Å². The second-order valence-electron chi connectivity index (χ2n) is 5.13. The van der Waals surface area contributed by atoms with Gasteiger partial charge in [-0.05, 0) is 43.2 Å². The predicted molar refractivity (Wildman–Crippen MR) is 72.0 cm³/mol. The number of aromatic amines is 1. The Bertz CT molecular complexity index is 747. The van der Waals surface area contributed by atoms with E-state index in [4.69, 9.17) is 0 Å². The molecule has 5 heteroatoms. The van der Waals surface area contributed by atoms with Gasteiger partial charge in [0.05, 0.1) is 11.4 Å². The maximum atomic E-state index is 12.9. The van der Waals surface area contributed by atoms with Crippen molar-refractivity contribution >= 4 is 0 Å². The highest BCUT2D eigenvalue weighted by molar-refractivity contribution is 5.73. The average Bonchev–Trinajstić information content (AvgIpc) is 3.19. The molecular formula is C15H12FN3O. The molecular weight excluding hydrogens is 257 g/mol. The first-order valence-electron chi connectivity index (χ1n) is 6.56. The van der Waals surface area contributed by atoms with Crippen LogP contribution in [-0.4, -0.2) is 20.1 Å². The lowest BCUT2D eigenvalue weighted by Crippen LogP contribution is -1.95. The van der Waals surface area contributed by atoms with Gasteiger partial charge in [-0.2, -0.15) is 4.98 Å². The summed E-state index contributed by atoms with van der Waals surface area (Å²) >= 11 is 0.